The molecule has 9 nitrogen and oxygen atoms in total. The van der Waals surface area contributed by atoms with E-state index in [1.54, 1.807) is 36.3 Å². The number of hydrogen-bond acceptors (Lipinski definition) is 8. The van der Waals surface area contributed by atoms with Crippen molar-refractivity contribution in [1.82, 2.24) is 35.5 Å². The van der Waals surface area contributed by atoms with Crippen molar-refractivity contribution in [1.29, 1.82) is 0 Å². The summed E-state index contributed by atoms with van der Waals surface area (Å²) in [7, 11) is 1.80. The average molecular weight is 453 g/mol. The molecule has 0 unspecified atom stereocenters. The van der Waals surface area contributed by atoms with Crippen molar-refractivity contribution in [3.8, 4) is 28.3 Å². The van der Waals surface area contributed by atoms with Crippen LogP contribution >= 0.6 is 24.8 Å². The Morgan fingerprint density at radius 2 is 1.93 bits per heavy atom. The molecule has 1 fully saturated rings. The second kappa shape index (κ2) is 10.0. The third kappa shape index (κ3) is 4.97. The zero-order valence-electron chi connectivity index (χ0n) is 17.1. The van der Waals surface area contributed by atoms with Crippen molar-refractivity contribution in [3.05, 3.63) is 30.6 Å². The van der Waals surface area contributed by atoms with Crippen LogP contribution in [-0.2, 0) is 7.05 Å². The van der Waals surface area contributed by atoms with E-state index in [4.69, 9.17) is 0 Å². The summed E-state index contributed by atoms with van der Waals surface area (Å²) in [5.41, 5.74) is 2.59. The Kier molecular flexibility index (Phi) is 7.94. The van der Waals surface area contributed by atoms with Gasteiger partial charge in [-0.15, -0.1) is 40.1 Å². The lowest BCUT2D eigenvalue weighted by Crippen LogP contribution is -2.53. The number of benzene rings is 1. The van der Waals surface area contributed by atoms with Crippen molar-refractivity contribution >= 4 is 30.8 Å². The van der Waals surface area contributed by atoms with Crippen LogP contribution in [0.3, 0.4) is 0 Å². The average Bonchev–Trinajstić information content (AvgIpc) is 3.14. The van der Waals surface area contributed by atoms with Crippen LogP contribution in [0.2, 0.25) is 0 Å². The van der Waals surface area contributed by atoms with E-state index >= 15 is 0 Å². The maximum atomic E-state index is 10.5. The molecule has 30 heavy (non-hydrogen) atoms. The number of hydrogen-bond donors (Lipinski definition) is 2. The molecule has 2 aromatic heterocycles. The van der Waals surface area contributed by atoms with Crippen LogP contribution in [0.25, 0.3) is 22.5 Å². The maximum absolute atomic E-state index is 10.5. The predicted molar refractivity (Wildman–Crippen MR) is 120 cm³/mol. The molecule has 1 saturated heterocycles. The Morgan fingerprint density at radius 1 is 1.13 bits per heavy atom. The number of aromatic hydroxyl groups is 1. The molecule has 0 radical (unpaired) electrons. The number of anilines is 1. The van der Waals surface area contributed by atoms with Crippen LogP contribution in [0.5, 0.6) is 5.75 Å². The molecule has 0 spiro atoms. The highest BCUT2D eigenvalue weighted by Crippen LogP contribution is 2.31. The smallest absolute Gasteiger partial charge is 0.245 e. The number of piperazine rings is 1. The highest BCUT2D eigenvalue weighted by atomic mass is 35.5. The molecule has 1 atom stereocenters. The molecule has 3 heterocycles. The van der Waals surface area contributed by atoms with Crippen molar-refractivity contribution < 1.29 is 5.11 Å². The van der Waals surface area contributed by atoms with Crippen molar-refractivity contribution in [2.24, 2.45) is 13.0 Å². The standard InChI is InChI=1S/C19H24N8O.2ClH/c1-12(2)16-11-27(7-6-20-16)19-21-9-15(22-24-19)14-5-4-13(8-18(14)28)17-10-26(3)25-23-17;;/h4-5,8-10,12,16,20,28H,6-7,11H2,1-3H3;2*1H/t16-;;/m1../s1. The van der Waals surface area contributed by atoms with Gasteiger partial charge in [0.25, 0.3) is 0 Å². The minimum Gasteiger partial charge on any atom is -0.507 e. The highest BCUT2D eigenvalue weighted by molar-refractivity contribution is 5.85. The van der Waals surface area contributed by atoms with E-state index in [9.17, 15) is 5.11 Å². The van der Waals surface area contributed by atoms with Gasteiger partial charge in [0.2, 0.25) is 5.95 Å². The highest BCUT2D eigenvalue weighted by Gasteiger charge is 2.23. The van der Waals surface area contributed by atoms with Gasteiger partial charge < -0.3 is 15.3 Å². The van der Waals surface area contributed by atoms with Gasteiger partial charge in [0.1, 0.15) is 17.1 Å². The number of nitrogens with zero attached hydrogens (tertiary/aromatic N) is 7. The lowest BCUT2D eigenvalue weighted by molar-refractivity contribution is 0.365. The molecule has 1 aromatic carbocycles. The first kappa shape index (κ1) is 23.8. The maximum Gasteiger partial charge on any atom is 0.245 e. The van der Waals surface area contributed by atoms with Gasteiger partial charge in [-0.1, -0.05) is 25.1 Å². The van der Waals surface area contributed by atoms with Gasteiger partial charge in [0.05, 0.1) is 12.4 Å². The molecular weight excluding hydrogens is 427 g/mol. The SMILES string of the molecule is CC(C)[C@H]1CN(c2ncc(-c3ccc(-c4cn(C)nn4)cc3O)nn2)CCN1.Cl.Cl. The normalized spacial score (nSPS) is 16.1. The fourth-order valence-electron chi connectivity index (χ4n) is 3.33. The Bertz CT molecular complexity index is 963. The van der Waals surface area contributed by atoms with Crippen molar-refractivity contribution in [3.63, 3.8) is 0 Å². The fourth-order valence-corrected chi connectivity index (χ4v) is 3.33. The largest absolute Gasteiger partial charge is 0.507 e. The summed E-state index contributed by atoms with van der Waals surface area (Å²) < 4.78 is 1.62. The predicted octanol–water partition coefficient (Wildman–Crippen LogP) is 2.32. The van der Waals surface area contributed by atoms with Crippen LogP contribution in [0, 0.1) is 5.92 Å². The van der Waals surface area contributed by atoms with Gasteiger partial charge in [-0.25, -0.2) is 4.98 Å². The monoisotopic (exact) mass is 452 g/mol. The zero-order chi connectivity index (χ0) is 19.7. The van der Waals surface area contributed by atoms with E-state index in [0.29, 0.717) is 34.9 Å². The molecule has 4 rings (SSSR count). The van der Waals surface area contributed by atoms with E-state index in [-0.39, 0.29) is 30.6 Å². The van der Waals surface area contributed by atoms with Gasteiger partial charge >= 0.3 is 0 Å². The number of aromatic nitrogens is 6. The fraction of sp³-hybridized carbons (Fsp3) is 0.421. The first-order chi connectivity index (χ1) is 13.5. The lowest BCUT2D eigenvalue weighted by Gasteiger charge is -2.35. The molecule has 1 aliphatic heterocycles. The molecule has 3 aromatic rings. The molecule has 0 aliphatic carbocycles. The lowest BCUT2D eigenvalue weighted by atomic mass is 10.0. The summed E-state index contributed by atoms with van der Waals surface area (Å²) in [5.74, 6) is 1.26. The van der Waals surface area contributed by atoms with Crippen LogP contribution in [-0.4, -0.2) is 61.0 Å². The van der Waals surface area contributed by atoms with Crippen molar-refractivity contribution in [2.75, 3.05) is 24.5 Å². The van der Waals surface area contributed by atoms with E-state index in [1.165, 1.54) is 0 Å². The van der Waals surface area contributed by atoms with Crippen molar-refractivity contribution in [2.45, 2.75) is 19.9 Å². The number of phenolic OH excluding ortho intramolecular Hbond substituents is 1. The number of phenols is 1. The van der Waals surface area contributed by atoms with Crippen LogP contribution < -0.4 is 10.2 Å². The summed E-state index contributed by atoms with van der Waals surface area (Å²) >= 11 is 0. The Balaban J connectivity index is 0.00000160. The topological polar surface area (TPSA) is 105 Å². The summed E-state index contributed by atoms with van der Waals surface area (Å²) in [5, 5.41) is 30.6. The second-order valence-corrected chi connectivity index (χ2v) is 7.40. The van der Waals surface area contributed by atoms with E-state index < -0.39 is 0 Å². The van der Waals surface area contributed by atoms with Gasteiger partial charge in [0.15, 0.2) is 0 Å². The Labute approximate surface area is 187 Å². The summed E-state index contributed by atoms with van der Waals surface area (Å²) in [6, 6.07) is 5.73. The molecule has 0 amide bonds. The molecule has 0 saturated carbocycles. The quantitative estimate of drug-likeness (QED) is 0.620. The summed E-state index contributed by atoms with van der Waals surface area (Å²) in [6.07, 6.45) is 3.45. The second-order valence-electron chi connectivity index (χ2n) is 7.40. The third-order valence-corrected chi connectivity index (χ3v) is 5.01. The van der Waals surface area contributed by atoms with Gasteiger partial charge in [-0.2, -0.15) is 0 Å². The molecular formula is C19H26Cl2N8O. The van der Waals surface area contributed by atoms with Crippen LogP contribution in [0.1, 0.15) is 13.8 Å². The molecule has 0 bridgehead atoms. The third-order valence-electron chi connectivity index (χ3n) is 5.01. The minimum absolute atomic E-state index is 0. The van der Waals surface area contributed by atoms with E-state index in [0.717, 1.165) is 25.2 Å². The number of nitrogens with one attached hydrogen (secondary N) is 1. The zero-order valence-corrected chi connectivity index (χ0v) is 18.7. The number of halogens is 2. The Morgan fingerprint density at radius 3 is 2.53 bits per heavy atom. The molecule has 11 heteroatoms. The summed E-state index contributed by atoms with van der Waals surface area (Å²) in [4.78, 5) is 6.63. The van der Waals surface area contributed by atoms with Gasteiger partial charge in [0, 0.05) is 43.9 Å². The minimum atomic E-state index is 0. The van der Waals surface area contributed by atoms with Crippen LogP contribution in [0.4, 0.5) is 5.95 Å². The first-order valence-corrected chi connectivity index (χ1v) is 9.39. The van der Waals surface area contributed by atoms with Gasteiger partial charge in [-0.3, -0.25) is 4.68 Å². The first-order valence-electron chi connectivity index (χ1n) is 9.39. The summed E-state index contributed by atoms with van der Waals surface area (Å²) in [6.45, 7) is 7.02. The number of rotatable bonds is 4. The molecule has 2 N–H and O–H groups in total. The molecule has 1 aliphatic rings. The Hall–Kier alpha value is -2.49. The van der Waals surface area contributed by atoms with E-state index in [2.05, 4.69) is 49.6 Å². The van der Waals surface area contributed by atoms with E-state index in [1.807, 2.05) is 6.07 Å². The number of aryl methyl sites for hydroxylation is 1. The van der Waals surface area contributed by atoms with Crippen LogP contribution in [0.15, 0.2) is 30.6 Å². The molecule has 162 valence electrons. The van der Waals surface area contributed by atoms with Gasteiger partial charge in [-0.05, 0) is 18.1 Å².